The lowest BCUT2D eigenvalue weighted by Gasteiger charge is -2.45. The normalized spacial score (nSPS) is 17.8. The molecule has 1 amide bonds. The van der Waals surface area contributed by atoms with Gasteiger partial charge in [0, 0.05) is 24.2 Å². The van der Waals surface area contributed by atoms with Crippen molar-refractivity contribution < 1.29 is 9.53 Å². The maximum atomic E-state index is 11.9. The van der Waals surface area contributed by atoms with Crippen molar-refractivity contribution >= 4 is 5.91 Å². The lowest BCUT2D eigenvalue weighted by Crippen LogP contribution is -2.66. The smallest absolute Gasteiger partial charge is 0.253 e. The Labute approximate surface area is 95.0 Å². The van der Waals surface area contributed by atoms with Crippen molar-refractivity contribution in [2.24, 2.45) is 5.73 Å². The first-order valence-electron chi connectivity index (χ1n) is 5.24. The summed E-state index contributed by atoms with van der Waals surface area (Å²) >= 11 is 0. The minimum Gasteiger partial charge on any atom is -0.497 e. The number of nitrogens with two attached hydrogens (primary N) is 1. The highest BCUT2D eigenvalue weighted by atomic mass is 16.5. The number of likely N-dealkylation sites (tertiary alicyclic amines) is 1. The Kier molecular flexibility index (Phi) is 2.59. The number of nitrogens with zero attached hydrogens (tertiary/aromatic N) is 1. The Balaban J connectivity index is 2.05. The zero-order chi connectivity index (χ0) is 11.8. The van der Waals surface area contributed by atoms with E-state index in [0.29, 0.717) is 18.7 Å². The standard InChI is InChI=1S/C12H16N2O2/c1-12(13)7-14(8-12)11(15)9-3-5-10(16-2)6-4-9/h3-6H,7-8,13H2,1-2H3. The summed E-state index contributed by atoms with van der Waals surface area (Å²) in [7, 11) is 1.60. The van der Waals surface area contributed by atoms with Gasteiger partial charge in [0.25, 0.3) is 5.91 Å². The highest BCUT2D eigenvalue weighted by Gasteiger charge is 2.37. The van der Waals surface area contributed by atoms with Gasteiger partial charge in [0.15, 0.2) is 0 Å². The molecule has 16 heavy (non-hydrogen) atoms. The van der Waals surface area contributed by atoms with Crippen LogP contribution in [0, 0.1) is 0 Å². The van der Waals surface area contributed by atoms with Crippen LogP contribution in [0.3, 0.4) is 0 Å². The molecule has 4 nitrogen and oxygen atoms in total. The Morgan fingerprint density at radius 1 is 1.38 bits per heavy atom. The summed E-state index contributed by atoms with van der Waals surface area (Å²) in [5, 5.41) is 0. The van der Waals surface area contributed by atoms with Crippen molar-refractivity contribution in [3.05, 3.63) is 29.8 Å². The molecule has 1 fully saturated rings. The Morgan fingerprint density at radius 3 is 2.38 bits per heavy atom. The van der Waals surface area contributed by atoms with Gasteiger partial charge in [0.05, 0.1) is 7.11 Å². The molecule has 1 saturated heterocycles. The van der Waals surface area contributed by atoms with Crippen molar-refractivity contribution in [1.82, 2.24) is 4.90 Å². The monoisotopic (exact) mass is 220 g/mol. The molecule has 0 aromatic heterocycles. The third-order valence-corrected chi connectivity index (χ3v) is 2.73. The molecule has 0 aliphatic carbocycles. The van der Waals surface area contributed by atoms with Gasteiger partial charge in [-0.3, -0.25) is 4.79 Å². The molecule has 1 aliphatic rings. The number of methoxy groups -OCH3 is 1. The number of carbonyl (C=O) groups is 1. The Hall–Kier alpha value is -1.55. The third-order valence-electron chi connectivity index (χ3n) is 2.73. The third kappa shape index (κ3) is 2.02. The number of amides is 1. The van der Waals surface area contributed by atoms with Crippen LogP contribution in [-0.4, -0.2) is 36.5 Å². The van der Waals surface area contributed by atoms with Gasteiger partial charge in [-0.1, -0.05) is 0 Å². The molecular formula is C12H16N2O2. The molecule has 0 unspecified atom stereocenters. The van der Waals surface area contributed by atoms with Gasteiger partial charge in [0.2, 0.25) is 0 Å². The van der Waals surface area contributed by atoms with E-state index in [1.807, 2.05) is 6.92 Å². The molecule has 1 aromatic rings. The van der Waals surface area contributed by atoms with E-state index < -0.39 is 0 Å². The topological polar surface area (TPSA) is 55.6 Å². The minimum atomic E-state index is -0.220. The molecule has 0 saturated carbocycles. The molecule has 2 rings (SSSR count). The van der Waals surface area contributed by atoms with E-state index in [2.05, 4.69) is 0 Å². The number of hydrogen-bond donors (Lipinski definition) is 1. The molecule has 4 heteroatoms. The van der Waals surface area contributed by atoms with Crippen LogP contribution in [-0.2, 0) is 0 Å². The molecule has 1 heterocycles. The van der Waals surface area contributed by atoms with E-state index in [-0.39, 0.29) is 11.4 Å². The van der Waals surface area contributed by atoms with Crippen LogP contribution in [0.2, 0.25) is 0 Å². The van der Waals surface area contributed by atoms with E-state index in [1.165, 1.54) is 0 Å². The Bertz CT molecular complexity index is 390. The molecule has 1 aromatic carbocycles. The van der Waals surface area contributed by atoms with Crippen LogP contribution >= 0.6 is 0 Å². The van der Waals surface area contributed by atoms with E-state index in [1.54, 1.807) is 36.3 Å². The van der Waals surface area contributed by atoms with Crippen molar-refractivity contribution in [3.8, 4) is 5.75 Å². The fourth-order valence-electron chi connectivity index (χ4n) is 1.89. The first kappa shape index (κ1) is 11.0. The summed E-state index contributed by atoms with van der Waals surface area (Å²) in [6, 6.07) is 7.12. The van der Waals surface area contributed by atoms with Gasteiger partial charge in [0.1, 0.15) is 5.75 Å². The first-order valence-corrected chi connectivity index (χ1v) is 5.24. The number of rotatable bonds is 2. The van der Waals surface area contributed by atoms with Crippen LogP contribution in [0.5, 0.6) is 5.75 Å². The largest absolute Gasteiger partial charge is 0.497 e. The zero-order valence-corrected chi connectivity index (χ0v) is 9.56. The van der Waals surface area contributed by atoms with Crippen molar-refractivity contribution in [1.29, 1.82) is 0 Å². The summed E-state index contributed by atoms with van der Waals surface area (Å²) in [5.74, 6) is 0.786. The molecule has 0 atom stereocenters. The van der Waals surface area contributed by atoms with Crippen molar-refractivity contribution in [2.45, 2.75) is 12.5 Å². The summed E-state index contributed by atoms with van der Waals surface area (Å²) in [6.07, 6.45) is 0. The molecule has 0 spiro atoms. The average molecular weight is 220 g/mol. The molecular weight excluding hydrogens is 204 g/mol. The second kappa shape index (κ2) is 3.79. The average Bonchev–Trinajstić information content (AvgIpc) is 2.25. The summed E-state index contributed by atoms with van der Waals surface area (Å²) in [6.45, 7) is 3.19. The predicted molar refractivity (Wildman–Crippen MR) is 61.5 cm³/mol. The molecule has 86 valence electrons. The van der Waals surface area contributed by atoms with Crippen LogP contribution in [0.25, 0.3) is 0 Å². The maximum absolute atomic E-state index is 11.9. The maximum Gasteiger partial charge on any atom is 0.253 e. The predicted octanol–water partition coefficient (Wildman–Crippen LogP) is 0.868. The lowest BCUT2D eigenvalue weighted by molar-refractivity contribution is 0.0454. The molecule has 2 N–H and O–H groups in total. The summed E-state index contributed by atoms with van der Waals surface area (Å²) < 4.78 is 5.04. The van der Waals surface area contributed by atoms with Gasteiger partial charge in [-0.25, -0.2) is 0 Å². The quantitative estimate of drug-likeness (QED) is 0.804. The van der Waals surface area contributed by atoms with Crippen LogP contribution < -0.4 is 10.5 Å². The SMILES string of the molecule is COc1ccc(C(=O)N2CC(C)(N)C2)cc1. The Morgan fingerprint density at radius 2 is 1.94 bits per heavy atom. The highest BCUT2D eigenvalue weighted by molar-refractivity contribution is 5.95. The zero-order valence-electron chi connectivity index (χ0n) is 9.56. The van der Waals surface area contributed by atoms with Crippen LogP contribution in [0.15, 0.2) is 24.3 Å². The molecule has 0 bridgehead atoms. The fraction of sp³-hybridized carbons (Fsp3) is 0.417. The minimum absolute atomic E-state index is 0.0329. The van der Waals surface area contributed by atoms with Crippen LogP contribution in [0.1, 0.15) is 17.3 Å². The number of ether oxygens (including phenoxy) is 1. The fourth-order valence-corrected chi connectivity index (χ4v) is 1.89. The second-order valence-electron chi connectivity index (χ2n) is 4.54. The second-order valence-corrected chi connectivity index (χ2v) is 4.54. The van der Waals surface area contributed by atoms with Gasteiger partial charge in [-0.15, -0.1) is 0 Å². The van der Waals surface area contributed by atoms with Crippen molar-refractivity contribution in [3.63, 3.8) is 0 Å². The van der Waals surface area contributed by atoms with Crippen LogP contribution in [0.4, 0.5) is 0 Å². The summed E-state index contributed by atoms with van der Waals surface area (Å²) in [4.78, 5) is 13.7. The summed E-state index contributed by atoms with van der Waals surface area (Å²) in [5.41, 5.74) is 6.32. The first-order chi connectivity index (χ1) is 7.52. The number of benzene rings is 1. The highest BCUT2D eigenvalue weighted by Crippen LogP contribution is 2.21. The number of hydrogen-bond acceptors (Lipinski definition) is 3. The van der Waals surface area contributed by atoms with Gasteiger partial charge in [-0.2, -0.15) is 0 Å². The number of carbonyl (C=O) groups excluding carboxylic acids is 1. The van der Waals surface area contributed by atoms with E-state index in [9.17, 15) is 4.79 Å². The van der Waals surface area contributed by atoms with Gasteiger partial charge >= 0.3 is 0 Å². The lowest BCUT2D eigenvalue weighted by atomic mass is 9.93. The van der Waals surface area contributed by atoms with Gasteiger partial charge in [-0.05, 0) is 31.2 Å². The molecule has 0 radical (unpaired) electrons. The van der Waals surface area contributed by atoms with E-state index >= 15 is 0 Å². The molecule has 1 aliphatic heterocycles. The van der Waals surface area contributed by atoms with E-state index in [0.717, 1.165) is 5.75 Å². The van der Waals surface area contributed by atoms with Crippen molar-refractivity contribution in [2.75, 3.05) is 20.2 Å². The van der Waals surface area contributed by atoms with E-state index in [4.69, 9.17) is 10.5 Å². The van der Waals surface area contributed by atoms with Gasteiger partial charge < -0.3 is 15.4 Å².